The van der Waals surface area contributed by atoms with E-state index < -0.39 is 4.92 Å². The van der Waals surface area contributed by atoms with E-state index in [0.29, 0.717) is 22.9 Å². The molecule has 0 atom stereocenters. The van der Waals surface area contributed by atoms with Gasteiger partial charge in [-0.15, -0.1) is 11.8 Å². The van der Waals surface area contributed by atoms with Gasteiger partial charge in [-0.2, -0.15) is 0 Å². The number of nitro benzene ring substituents is 1. The van der Waals surface area contributed by atoms with Crippen LogP contribution in [-0.4, -0.2) is 37.6 Å². The molecule has 0 saturated heterocycles. The lowest BCUT2D eigenvalue weighted by Crippen LogP contribution is -2.22. The third kappa shape index (κ3) is 9.05. The van der Waals surface area contributed by atoms with Crippen molar-refractivity contribution in [3.05, 3.63) is 63.6 Å². The number of allylic oxidation sites excluding steroid dienone is 4. The zero-order valence-electron chi connectivity index (χ0n) is 19.9. The molecule has 0 aromatic heterocycles. The molecule has 0 spiro atoms. The van der Waals surface area contributed by atoms with E-state index in [1.54, 1.807) is 20.3 Å². The summed E-state index contributed by atoms with van der Waals surface area (Å²) in [4.78, 5) is 27.1. The monoisotopic (exact) mass is 487 g/mol. The summed E-state index contributed by atoms with van der Waals surface area (Å²) in [5, 5.41) is 13.8. The van der Waals surface area contributed by atoms with Gasteiger partial charge in [0.15, 0.2) is 11.5 Å². The van der Waals surface area contributed by atoms with Gasteiger partial charge in [-0.3, -0.25) is 19.9 Å². The SMILES string of the molecule is C=Nc1ccc([N+](=O)[O-])cc1SCNC(=O)CCCCCCCC1=CC=C(OC)C(OC)=CC1. The molecule has 1 N–H and O–H groups in total. The lowest BCUT2D eigenvalue weighted by Gasteiger charge is -2.08. The van der Waals surface area contributed by atoms with Gasteiger partial charge in [-0.05, 0) is 50.6 Å². The molecule has 2 rings (SSSR count). The van der Waals surface area contributed by atoms with Crippen molar-refractivity contribution in [2.45, 2.75) is 56.3 Å². The molecule has 0 aliphatic heterocycles. The summed E-state index contributed by atoms with van der Waals surface area (Å²) < 4.78 is 10.7. The molecule has 0 radical (unpaired) electrons. The second kappa shape index (κ2) is 15.0. The number of ether oxygens (including phenoxy) is 2. The van der Waals surface area contributed by atoms with E-state index in [1.165, 1.54) is 29.5 Å². The number of hydrogen-bond donors (Lipinski definition) is 1. The minimum absolute atomic E-state index is 0.0102. The first-order valence-corrected chi connectivity index (χ1v) is 12.3. The second-order valence-electron chi connectivity index (χ2n) is 7.76. The van der Waals surface area contributed by atoms with Crippen molar-refractivity contribution in [2.75, 3.05) is 20.1 Å². The van der Waals surface area contributed by atoms with Crippen LogP contribution in [-0.2, 0) is 14.3 Å². The van der Waals surface area contributed by atoms with E-state index >= 15 is 0 Å². The Labute approximate surface area is 205 Å². The third-order valence-electron chi connectivity index (χ3n) is 5.43. The number of rotatable bonds is 15. The highest BCUT2D eigenvalue weighted by Crippen LogP contribution is 2.32. The predicted molar refractivity (Wildman–Crippen MR) is 136 cm³/mol. The number of carbonyl (C=O) groups is 1. The Kier molecular flexibility index (Phi) is 12.0. The molecule has 1 aliphatic rings. The lowest BCUT2D eigenvalue weighted by atomic mass is 10.0. The molecule has 1 aromatic rings. The van der Waals surface area contributed by atoms with Crippen molar-refractivity contribution in [1.29, 1.82) is 0 Å². The van der Waals surface area contributed by atoms with E-state index in [9.17, 15) is 14.9 Å². The number of hydrogen-bond acceptors (Lipinski definition) is 7. The van der Waals surface area contributed by atoms with Crippen LogP contribution in [0.4, 0.5) is 11.4 Å². The van der Waals surface area contributed by atoms with Gasteiger partial charge >= 0.3 is 0 Å². The summed E-state index contributed by atoms with van der Waals surface area (Å²) in [5.41, 5.74) is 1.91. The minimum atomic E-state index is -0.453. The number of nitro groups is 1. The summed E-state index contributed by atoms with van der Waals surface area (Å²) in [6, 6.07) is 4.40. The summed E-state index contributed by atoms with van der Waals surface area (Å²) >= 11 is 1.30. The number of unbranched alkanes of at least 4 members (excludes halogenated alkanes) is 4. The zero-order chi connectivity index (χ0) is 24.8. The highest BCUT2D eigenvalue weighted by Gasteiger charge is 2.11. The van der Waals surface area contributed by atoms with Gasteiger partial charge in [0.2, 0.25) is 5.91 Å². The second-order valence-corrected chi connectivity index (χ2v) is 8.78. The molecule has 34 heavy (non-hydrogen) atoms. The lowest BCUT2D eigenvalue weighted by molar-refractivity contribution is -0.385. The first-order valence-electron chi connectivity index (χ1n) is 11.3. The molecule has 0 heterocycles. The highest BCUT2D eigenvalue weighted by atomic mass is 32.2. The Morgan fingerprint density at radius 1 is 1.15 bits per heavy atom. The number of non-ortho nitro benzene ring substituents is 1. The number of carbonyl (C=O) groups excluding carboxylic acids is 1. The molecule has 0 fully saturated rings. The maximum Gasteiger partial charge on any atom is 0.270 e. The number of nitrogens with one attached hydrogen (secondary N) is 1. The van der Waals surface area contributed by atoms with Crippen molar-refractivity contribution >= 4 is 35.8 Å². The van der Waals surface area contributed by atoms with Gasteiger partial charge in [-0.25, -0.2) is 0 Å². The van der Waals surface area contributed by atoms with Crippen LogP contribution in [0.25, 0.3) is 0 Å². The molecule has 1 amide bonds. The van der Waals surface area contributed by atoms with E-state index in [0.717, 1.165) is 56.5 Å². The Morgan fingerprint density at radius 2 is 1.88 bits per heavy atom. The summed E-state index contributed by atoms with van der Waals surface area (Å²) in [6.07, 6.45) is 13.7. The van der Waals surface area contributed by atoms with Crippen LogP contribution in [0.5, 0.6) is 0 Å². The first kappa shape index (κ1) is 27.2. The van der Waals surface area contributed by atoms with Gasteiger partial charge in [0.1, 0.15) is 0 Å². The van der Waals surface area contributed by atoms with Crippen LogP contribution in [0.15, 0.2) is 63.4 Å². The van der Waals surface area contributed by atoms with Gasteiger partial charge < -0.3 is 14.8 Å². The molecular formula is C25H33N3O5S. The molecular weight excluding hydrogens is 454 g/mol. The Hall–Kier alpha value is -3.07. The topological polar surface area (TPSA) is 103 Å². The molecule has 0 saturated carbocycles. The largest absolute Gasteiger partial charge is 0.493 e. The van der Waals surface area contributed by atoms with Crippen LogP contribution < -0.4 is 5.32 Å². The fraction of sp³-hybridized carbons (Fsp3) is 0.440. The number of benzene rings is 1. The van der Waals surface area contributed by atoms with Crippen molar-refractivity contribution in [3.63, 3.8) is 0 Å². The predicted octanol–water partition coefficient (Wildman–Crippen LogP) is 6.21. The van der Waals surface area contributed by atoms with Crippen LogP contribution >= 0.6 is 11.8 Å². The first-order chi connectivity index (χ1) is 16.5. The van der Waals surface area contributed by atoms with E-state index in [2.05, 4.69) is 29.2 Å². The number of thioether (sulfide) groups is 1. The summed E-state index contributed by atoms with van der Waals surface area (Å²) in [5.74, 6) is 1.83. The highest BCUT2D eigenvalue weighted by molar-refractivity contribution is 7.99. The normalized spacial score (nSPS) is 13.2. The molecule has 1 aromatic carbocycles. The number of methoxy groups -OCH3 is 2. The van der Waals surface area contributed by atoms with Crippen molar-refractivity contribution < 1.29 is 19.2 Å². The smallest absolute Gasteiger partial charge is 0.270 e. The van der Waals surface area contributed by atoms with Crippen LogP contribution in [0.3, 0.4) is 0 Å². The Balaban J connectivity index is 1.59. The number of aliphatic imine (C=N–C) groups is 1. The molecule has 0 bridgehead atoms. The summed E-state index contributed by atoms with van der Waals surface area (Å²) in [7, 11) is 3.29. The van der Waals surface area contributed by atoms with Gasteiger partial charge in [0.25, 0.3) is 5.69 Å². The molecule has 184 valence electrons. The fourth-order valence-corrected chi connectivity index (χ4v) is 4.39. The van der Waals surface area contributed by atoms with Crippen molar-refractivity contribution in [3.8, 4) is 0 Å². The average molecular weight is 488 g/mol. The van der Waals surface area contributed by atoms with Gasteiger partial charge in [0.05, 0.1) is 30.7 Å². The van der Waals surface area contributed by atoms with E-state index in [-0.39, 0.29) is 11.6 Å². The van der Waals surface area contributed by atoms with E-state index in [4.69, 9.17) is 9.47 Å². The quantitative estimate of drug-likeness (QED) is 0.0787. The molecule has 9 heteroatoms. The van der Waals surface area contributed by atoms with Crippen LogP contribution in [0.2, 0.25) is 0 Å². The average Bonchev–Trinajstić information content (AvgIpc) is 3.04. The third-order valence-corrected chi connectivity index (χ3v) is 6.35. The number of nitrogens with zero attached hydrogens (tertiary/aromatic N) is 2. The molecule has 8 nitrogen and oxygen atoms in total. The molecule has 0 unspecified atom stereocenters. The molecule has 1 aliphatic carbocycles. The van der Waals surface area contributed by atoms with Crippen LogP contribution in [0.1, 0.15) is 51.4 Å². The zero-order valence-corrected chi connectivity index (χ0v) is 20.7. The maximum absolute atomic E-state index is 12.1. The van der Waals surface area contributed by atoms with E-state index in [1.807, 2.05) is 6.08 Å². The maximum atomic E-state index is 12.1. The van der Waals surface area contributed by atoms with Crippen molar-refractivity contribution in [2.24, 2.45) is 4.99 Å². The standard InChI is InChI=1S/C25H33N3O5S/c1-26-21-14-13-20(28(30)31)17-24(21)34-18-27-25(29)10-8-6-4-5-7-9-19-11-15-22(32-2)23(33-3)16-12-19/h11,13-17H,1,4-10,12,18H2,2-3H3,(H,27,29). The Morgan fingerprint density at radius 3 is 2.59 bits per heavy atom. The number of amides is 1. The van der Waals surface area contributed by atoms with Crippen molar-refractivity contribution in [1.82, 2.24) is 5.32 Å². The van der Waals surface area contributed by atoms with Crippen LogP contribution in [0, 0.1) is 10.1 Å². The minimum Gasteiger partial charge on any atom is -0.493 e. The summed E-state index contributed by atoms with van der Waals surface area (Å²) in [6.45, 7) is 3.49. The Bertz CT molecular complexity index is 956. The fourth-order valence-electron chi connectivity index (χ4n) is 3.52. The van der Waals surface area contributed by atoms with Gasteiger partial charge in [0, 0.05) is 23.4 Å². The van der Waals surface area contributed by atoms with Gasteiger partial charge in [-0.1, -0.05) is 30.9 Å².